The van der Waals surface area contributed by atoms with Crippen molar-refractivity contribution in [2.45, 2.75) is 0 Å². The summed E-state index contributed by atoms with van der Waals surface area (Å²) in [6.07, 6.45) is 0. The molecule has 0 bridgehead atoms. The number of rotatable bonds is 3. The van der Waals surface area contributed by atoms with E-state index in [1.807, 2.05) is 56.6 Å². The summed E-state index contributed by atoms with van der Waals surface area (Å²) < 4.78 is 10.5. The monoisotopic (exact) mass is 281 g/mol. The zero-order valence-corrected chi connectivity index (χ0v) is 12.8. The highest BCUT2D eigenvalue weighted by Crippen LogP contribution is 2.23. The van der Waals surface area contributed by atoms with Crippen molar-refractivity contribution in [3.63, 3.8) is 0 Å². The van der Waals surface area contributed by atoms with Gasteiger partial charge in [0.2, 0.25) is 0 Å². The summed E-state index contributed by atoms with van der Waals surface area (Å²) in [6.45, 7) is 0. The highest BCUT2D eigenvalue weighted by molar-refractivity contribution is 5.54. The Balaban J connectivity index is 2.29. The number of hydrogen-bond acceptors (Lipinski definition) is 3. The average molecular weight is 281 g/mol. The van der Waals surface area contributed by atoms with Gasteiger partial charge in [-0.15, -0.1) is 0 Å². The van der Waals surface area contributed by atoms with Crippen molar-refractivity contribution in [3.05, 3.63) is 53.6 Å². The largest absolute Gasteiger partial charge is 0.497 e. The first-order valence-corrected chi connectivity index (χ1v) is 6.65. The first kappa shape index (κ1) is 14.8. The van der Waals surface area contributed by atoms with E-state index in [0.29, 0.717) is 0 Å². The van der Waals surface area contributed by atoms with Gasteiger partial charge in [0.05, 0.1) is 19.8 Å². The van der Waals surface area contributed by atoms with Crippen molar-refractivity contribution in [2.75, 3.05) is 33.2 Å². The Morgan fingerprint density at radius 3 is 2.14 bits per heavy atom. The van der Waals surface area contributed by atoms with E-state index in [1.54, 1.807) is 14.2 Å². The minimum Gasteiger partial charge on any atom is -0.497 e. The maximum atomic E-state index is 5.32. The van der Waals surface area contributed by atoms with Crippen LogP contribution in [0.25, 0.3) is 0 Å². The average Bonchev–Trinajstić information content (AvgIpc) is 2.52. The Kier molecular flexibility index (Phi) is 4.73. The minimum absolute atomic E-state index is 0.744. The molecule has 2 aromatic carbocycles. The zero-order valence-electron chi connectivity index (χ0n) is 12.8. The van der Waals surface area contributed by atoms with Crippen LogP contribution >= 0.6 is 0 Å². The van der Waals surface area contributed by atoms with Gasteiger partial charge < -0.3 is 14.4 Å². The summed E-state index contributed by atoms with van der Waals surface area (Å²) in [5.41, 5.74) is 2.93. The van der Waals surface area contributed by atoms with Crippen molar-refractivity contribution < 1.29 is 9.47 Å². The molecule has 0 atom stereocenters. The number of nitrogens with zero attached hydrogens (tertiary/aromatic N) is 1. The van der Waals surface area contributed by atoms with Crippen LogP contribution in [0.2, 0.25) is 0 Å². The fourth-order valence-electron chi connectivity index (χ4n) is 1.89. The molecular formula is C18H19NO2. The lowest BCUT2D eigenvalue weighted by molar-refractivity contribution is 0.402. The third-order valence-electron chi connectivity index (χ3n) is 3.13. The summed E-state index contributed by atoms with van der Waals surface area (Å²) in [6, 6.07) is 13.7. The fourth-order valence-corrected chi connectivity index (χ4v) is 1.89. The van der Waals surface area contributed by atoms with Gasteiger partial charge in [0.1, 0.15) is 11.5 Å². The van der Waals surface area contributed by atoms with E-state index in [0.717, 1.165) is 28.3 Å². The minimum atomic E-state index is 0.744. The van der Waals surface area contributed by atoms with Crippen molar-refractivity contribution >= 4 is 5.69 Å². The molecule has 3 heteroatoms. The molecule has 0 spiro atoms. The maximum Gasteiger partial charge on any atom is 0.134 e. The van der Waals surface area contributed by atoms with Crippen LogP contribution in [0.15, 0.2) is 42.5 Å². The predicted octanol–water partition coefficient (Wildman–Crippen LogP) is 3.17. The molecule has 0 radical (unpaired) electrons. The van der Waals surface area contributed by atoms with Crippen molar-refractivity contribution in [2.24, 2.45) is 0 Å². The van der Waals surface area contributed by atoms with Gasteiger partial charge >= 0.3 is 0 Å². The molecule has 21 heavy (non-hydrogen) atoms. The molecule has 0 aliphatic carbocycles. The Labute approximate surface area is 126 Å². The summed E-state index contributed by atoms with van der Waals surface area (Å²) in [5.74, 6) is 7.79. The second kappa shape index (κ2) is 6.71. The first-order valence-electron chi connectivity index (χ1n) is 6.65. The van der Waals surface area contributed by atoms with Crippen LogP contribution in [0.5, 0.6) is 11.5 Å². The molecule has 2 rings (SSSR count). The van der Waals surface area contributed by atoms with Crippen LogP contribution in [0.1, 0.15) is 11.1 Å². The second-order valence-corrected chi connectivity index (χ2v) is 4.76. The van der Waals surface area contributed by atoms with Crippen LogP contribution in [0.3, 0.4) is 0 Å². The van der Waals surface area contributed by atoms with Gasteiger partial charge in [0.25, 0.3) is 0 Å². The third-order valence-corrected chi connectivity index (χ3v) is 3.13. The zero-order chi connectivity index (χ0) is 15.2. The first-order chi connectivity index (χ1) is 10.1. The van der Waals surface area contributed by atoms with Gasteiger partial charge in [-0.3, -0.25) is 0 Å². The van der Waals surface area contributed by atoms with Crippen molar-refractivity contribution in [1.82, 2.24) is 0 Å². The van der Waals surface area contributed by atoms with Crippen LogP contribution < -0.4 is 14.4 Å². The number of benzene rings is 2. The molecule has 0 fully saturated rings. The lowest BCUT2D eigenvalue weighted by atomic mass is 10.1. The molecule has 0 heterocycles. The van der Waals surface area contributed by atoms with Crippen LogP contribution in [0.4, 0.5) is 5.69 Å². The van der Waals surface area contributed by atoms with Gasteiger partial charge in [-0.05, 0) is 42.5 Å². The topological polar surface area (TPSA) is 21.7 Å². The maximum absolute atomic E-state index is 5.32. The molecule has 108 valence electrons. The van der Waals surface area contributed by atoms with E-state index in [9.17, 15) is 0 Å². The smallest absolute Gasteiger partial charge is 0.134 e. The van der Waals surface area contributed by atoms with Gasteiger partial charge in [-0.25, -0.2) is 0 Å². The molecule has 0 aliphatic rings. The standard InChI is InChI=1S/C18H19NO2/c1-19(2)16-9-6-14(7-10-16)5-8-15-13-17(20-3)11-12-18(15)21-4/h6-7,9-13H,1-4H3. The lowest BCUT2D eigenvalue weighted by Crippen LogP contribution is -2.07. The van der Waals surface area contributed by atoms with Crippen LogP contribution in [0, 0.1) is 11.8 Å². The molecule has 0 aromatic heterocycles. The second-order valence-electron chi connectivity index (χ2n) is 4.76. The molecule has 0 saturated carbocycles. The Morgan fingerprint density at radius 1 is 0.857 bits per heavy atom. The van der Waals surface area contributed by atoms with Crippen molar-refractivity contribution in [1.29, 1.82) is 0 Å². The van der Waals surface area contributed by atoms with Crippen LogP contribution in [-0.2, 0) is 0 Å². The number of anilines is 1. The molecule has 2 aromatic rings. The van der Waals surface area contributed by atoms with Gasteiger partial charge in [0.15, 0.2) is 0 Å². The van der Waals surface area contributed by atoms with E-state index in [4.69, 9.17) is 9.47 Å². The normalized spacial score (nSPS) is 9.52. The fraction of sp³-hybridized carbons (Fsp3) is 0.222. The Morgan fingerprint density at radius 2 is 1.57 bits per heavy atom. The Bertz CT molecular complexity index is 664. The lowest BCUT2D eigenvalue weighted by Gasteiger charge is -2.11. The number of methoxy groups -OCH3 is 2. The van der Waals surface area contributed by atoms with Gasteiger partial charge in [-0.2, -0.15) is 0 Å². The predicted molar refractivity (Wildman–Crippen MR) is 86.3 cm³/mol. The molecule has 0 aliphatic heterocycles. The summed E-state index contributed by atoms with van der Waals surface area (Å²) in [7, 11) is 7.31. The summed E-state index contributed by atoms with van der Waals surface area (Å²) >= 11 is 0. The van der Waals surface area contributed by atoms with E-state index in [2.05, 4.69) is 16.7 Å². The molecular weight excluding hydrogens is 262 g/mol. The molecule has 0 N–H and O–H groups in total. The molecule has 0 unspecified atom stereocenters. The van der Waals surface area contributed by atoms with Gasteiger partial charge in [-0.1, -0.05) is 11.8 Å². The van der Waals surface area contributed by atoms with E-state index >= 15 is 0 Å². The highest BCUT2D eigenvalue weighted by atomic mass is 16.5. The molecule has 3 nitrogen and oxygen atoms in total. The number of ether oxygens (including phenoxy) is 2. The van der Waals surface area contributed by atoms with E-state index in [1.165, 1.54) is 0 Å². The summed E-state index contributed by atoms with van der Waals surface area (Å²) in [5, 5.41) is 0. The van der Waals surface area contributed by atoms with Crippen molar-refractivity contribution in [3.8, 4) is 23.3 Å². The molecule has 0 saturated heterocycles. The molecule has 0 amide bonds. The van der Waals surface area contributed by atoms with E-state index < -0.39 is 0 Å². The highest BCUT2D eigenvalue weighted by Gasteiger charge is 2.02. The Hall–Kier alpha value is -2.60. The summed E-state index contributed by atoms with van der Waals surface area (Å²) in [4.78, 5) is 2.06. The quantitative estimate of drug-likeness (QED) is 0.807. The number of hydrogen-bond donors (Lipinski definition) is 0. The third kappa shape index (κ3) is 3.70. The van der Waals surface area contributed by atoms with E-state index in [-0.39, 0.29) is 0 Å². The van der Waals surface area contributed by atoms with Crippen LogP contribution in [-0.4, -0.2) is 28.3 Å². The SMILES string of the molecule is COc1ccc(OC)c(C#Cc2ccc(N(C)C)cc2)c1. The van der Waals surface area contributed by atoms with Gasteiger partial charge in [0, 0.05) is 25.3 Å².